The first kappa shape index (κ1) is 31.0. The van der Waals surface area contributed by atoms with Crippen LogP contribution in [0.2, 0.25) is 0 Å². The monoisotopic (exact) mass is 721 g/mol. The van der Waals surface area contributed by atoms with Gasteiger partial charge in [0.15, 0.2) is 0 Å². The second kappa shape index (κ2) is 11.2. The Hall–Kier alpha value is -7.22. The first-order chi connectivity index (χ1) is 28.3. The molecule has 1 aromatic heterocycles. The van der Waals surface area contributed by atoms with Crippen LogP contribution in [0.1, 0.15) is 33.4 Å². The molecule has 10 aromatic rings. The molecule has 0 unspecified atom stereocenters. The first-order valence-electron chi connectivity index (χ1n) is 20.0. The van der Waals surface area contributed by atoms with Gasteiger partial charge in [-0.2, -0.15) is 0 Å². The molecule has 0 fully saturated rings. The molecule has 0 spiro atoms. The molecule has 0 saturated heterocycles. The van der Waals surface area contributed by atoms with Crippen molar-refractivity contribution in [2.45, 2.75) is 10.8 Å². The largest absolute Gasteiger partial charge is 0.309 e. The maximum atomic E-state index is 2.58. The van der Waals surface area contributed by atoms with Crippen LogP contribution >= 0.6 is 0 Å². The minimum Gasteiger partial charge on any atom is -0.309 e. The predicted molar refractivity (Wildman–Crippen MR) is 235 cm³/mol. The quantitative estimate of drug-likeness (QED) is 0.167. The summed E-state index contributed by atoms with van der Waals surface area (Å²) in [6.45, 7) is 0. The Bertz CT molecular complexity index is 3220. The van der Waals surface area contributed by atoms with E-state index >= 15 is 0 Å². The number of aromatic nitrogens is 1. The lowest BCUT2D eigenvalue weighted by molar-refractivity contribution is 0.404. The summed E-state index contributed by atoms with van der Waals surface area (Å²) in [7, 11) is 0. The van der Waals surface area contributed by atoms with Gasteiger partial charge in [0.05, 0.1) is 27.6 Å². The number of nitrogens with zero attached hydrogens (tertiary/aromatic N) is 1. The van der Waals surface area contributed by atoms with E-state index in [0.717, 1.165) is 0 Å². The van der Waals surface area contributed by atoms with Crippen LogP contribution in [0, 0.1) is 0 Å². The molecule has 9 aromatic carbocycles. The van der Waals surface area contributed by atoms with Crippen molar-refractivity contribution in [3.63, 3.8) is 0 Å². The number of fused-ring (bicyclic) bond motifs is 12. The molecular weight excluding hydrogens is 687 g/mol. The van der Waals surface area contributed by atoms with Crippen molar-refractivity contribution >= 4 is 21.8 Å². The van der Waals surface area contributed by atoms with E-state index in [1.807, 2.05) is 0 Å². The van der Waals surface area contributed by atoms with Crippen LogP contribution in [-0.4, -0.2) is 4.57 Å². The van der Waals surface area contributed by atoms with Crippen molar-refractivity contribution in [2.75, 3.05) is 0 Å². The van der Waals surface area contributed by atoms with Crippen molar-refractivity contribution in [2.24, 2.45) is 0 Å². The highest BCUT2D eigenvalue weighted by Gasteiger charge is 2.67. The number of hydrogen-bond donors (Lipinski definition) is 0. The zero-order chi connectivity index (χ0) is 37.3. The summed E-state index contributed by atoms with van der Waals surface area (Å²) < 4.78 is 2.58. The Balaban J connectivity index is 1.28. The zero-order valence-electron chi connectivity index (χ0n) is 31.2. The maximum absolute atomic E-state index is 2.58. The molecule has 0 aliphatic heterocycles. The van der Waals surface area contributed by atoms with Crippen molar-refractivity contribution < 1.29 is 0 Å². The molecular formula is C56H35N. The van der Waals surface area contributed by atoms with E-state index in [1.54, 1.807) is 0 Å². The van der Waals surface area contributed by atoms with Gasteiger partial charge >= 0.3 is 0 Å². The lowest BCUT2D eigenvalue weighted by Gasteiger charge is -2.62. The van der Waals surface area contributed by atoms with E-state index in [-0.39, 0.29) is 0 Å². The Morgan fingerprint density at radius 3 is 1.30 bits per heavy atom. The molecule has 0 N–H and O–H groups in total. The average Bonchev–Trinajstić information content (AvgIpc) is 3.62. The van der Waals surface area contributed by atoms with Gasteiger partial charge in [0.25, 0.3) is 0 Å². The van der Waals surface area contributed by atoms with Crippen LogP contribution in [0.4, 0.5) is 0 Å². The third-order valence-corrected chi connectivity index (χ3v) is 13.5. The molecule has 1 heteroatoms. The van der Waals surface area contributed by atoms with E-state index < -0.39 is 10.8 Å². The van der Waals surface area contributed by atoms with Crippen LogP contribution in [-0.2, 0) is 10.8 Å². The fourth-order valence-corrected chi connectivity index (χ4v) is 11.7. The third-order valence-electron chi connectivity index (χ3n) is 13.5. The Morgan fingerprint density at radius 2 is 0.719 bits per heavy atom. The molecule has 1 heterocycles. The molecule has 0 saturated carbocycles. The van der Waals surface area contributed by atoms with Gasteiger partial charge in [0.2, 0.25) is 0 Å². The summed E-state index contributed by atoms with van der Waals surface area (Å²) in [5.74, 6) is 0. The second-order valence-electron chi connectivity index (χ2n) is 15.9. The lowest BCUT2D eigenvalue weighted by atomic mass is 9.38. The Labute approximate surface area is 331 Å². The number of para-hydroxylation sites is 1. The highest BCUT2D eigenvalue weighted by atomic mass is 15.0. The van der Waals surface area contributed by atoms with E-state index in [2.05, 4.69) is 217 Å². The van der Waals surface area contributed by atoms with Gasteiger partial charge in [0, 0.05) is 16.3 Å². The molecule has 3 aliphatic rings. The molecule has 0 bridgehead atoms. The third kappa shape index (κ3) is 3.66. The highest BCUT2D eigenvalue weighted by molar-refractivity contribution is 6.11. The van der Waals surface area contributed by atoms with Crippen LogP contribution in [0.5, 0.6) is 0 Å². The molecule has 0 amide bonds. The number of rotatable bonds is 2. The molecule has 0 atom stereocenters. The minimum atomic E-state index is -0.648. The first-order valence-corrected chi connectivity index (χ1v) is 20.0. The summed E-state index contributed by atoms with van der Waals surface area (Å²) in [5, 5.41) is 2.51. The molecule has 0 radical (unpaired) electrons. The van der Waals surface area contributed by atoms with Crippen LogP contribution in [0.15, 0.2) is 212 Å². The van der Waals surface area contributed by atoms with Gasteiger partial charge in [0.1, 0.15) is 0 Å². The fraction of sp³-hybridized carbons (Fsp3) is 0.0357. The summed E-state index contributed by atoms with van der Waals surface area (Å²) in [4.78, 5) is 0. The Kier molecular flexibility index (Phi) is 6.09. The van der Waals surface area contributed by atoms with Gasteiger partial charge in [-0.05, 0) is 96.6 Å². The topological polar surface area (TPSA) is 4.93 Å². The minimum absolute atomic E-state index is 0.595. The maximum Gasteiger partial charge on any atom is 0.0668 e. The van der Waals surface area contributed by atoms with Gasteiger partial charge < -0.3 is 4.57 Å². The summed E-state index contributed by atoms with van der Waals surface area (Å²) in [6, 6.07) is 80.3. The van der Waals surface area contributed by atoms with Crippen molar-refractivity contribution in [3.8, 4) is 50.2 Å². The van der Waals surface area contributed by atoms with E-state index in [1.165, 1.54) is 105 Å². The highest BCUT2D eigenvalue weighted by Crippen LogP contribution is 2.73. The zero-order valence-corrected chi connectivity index (χ0v) is 31.2. The number of benzene rings is 9. The van der Waals surface area contributed by atoms with Crippen LogP contribution in [0.3, 0.4) is 0 Å². The SMILES string of the molecule is c1ccc(-c2ccc3c(c2)c2ccccc2n3-c2cccc3c2C24c5ccccc5-c5ccccc5C2(c2ccccc2-c2ccccc24)c2ccccc2-3)cc1. The molecule has 57 heavy (non-hydrogen) atoms. The van der Waals surface area contributed by atoms with Crippen molar-refractivity contribution in [1.29, 1.82) is 0 Å². The summed E-state index contributed by atoms with van der Waals surface area (Å²) in [5.41, 5.74) is 20.7. The van der Waals surface area contributed by atoms with E-state index in [9.17, 15) is 0 Å². The van der Waals surface area contributed by atoms with Crippen LogP contribution in [0.25, 0.3) is 72.0 Å². The fourth-order valence-electron chi connectivity index (χ4n) is 11.7. The van der Waals surface area contributed by atoms with E-state index in [4.69, 9.17) is 0 Å². The lowest BCUT2D eigenvalue weighted by Crippen LogP contribution is -2.58. The van der Waals surface area contributed by atoms with Gasteiger partial charge in [-0.3, -0.25) is 0 Å². The van der Waals surface area contributed by atoms with E-state index in [0.29, 0.717) is 0 Å². The molecule has 3 aliphatic carbocycles. The van der Waals surface area contributed by atoms with Gasteiger partial charge in [-0.25, -0.2) is 0 Å². The van der Waals surface area contributed by atoms with Crippen molar-refractivity contribution in [1.82, 2.24) is 4.57 Å². The standard InChI is InChI=1S/C56H35N/c1-2-17-36(18-3-1)37-33-34-52-45(35-37)43-24-9-15-31-51(43)57(52)53-32-16-25-44-42-23-8-12-28-48(42)55-46-26-10-4-19-38(46)40-21-6-13-29-49(40)56(55,54(44)53)50-30-14-7-22-41(50)39-20-5-11-27-47(39)55/h1-35H. The normalized spacial score (nSPS) is 18.0. The average molecular weight is 722 g/mol. The summed E-state index contributed by atoms with van der Waals surface area (Å²) in [6.07, 6.45) is 0. The molecule has 13 rings (SSSR count). The van der Waals surface area contributed by atoms with Gasteiger partial charge in [-0.15, -0.1) is 0 Å². The number of hydrogen-bond acceptors (Lipinski definition) is 0. The van der Waals surface area contributed by atoms with Crippen LogP contribution < -0.4 is 0 Å². The Morgan fingerprint density at radius 1 is 0.281 bits per heavy atom. The second-order valence-corrected chi connectivity index (χ2v) is 15.9. The molecule has 1 nitrogen and oxygen atoms in total. The smallest absolute Gasteiger partial charge is 0.0668 e. The molecule has 264 valence electrons. The summed E-state index contributed by atoms with van der Waals surface area (Å²) >= 11 is 0. The predicted octanol–water partition coefficient (Wildman–Crippen LogP) is 13.8. The van der Waals surface area contributed by atoms with Gasteiger partial charge in [-0.1, -0.05) is 188 Å². The van der Waals surface area contributed by atoms with Crippen molar-refractivity contribution in [3.05, 3.63) is 246 Å².